The van der Waals surface area contributed by atoms with Gasteiger partial charge in [0.2, 0.25) is 15.9 Å². The lowest BCUT2D eigenvalue weighted by Crippen LogP contribution is -2.39. The highest BCUT2D eigenvalue weighted by molar-refractivity contribution is 7.89. The molecule has 0 spiro atoms. The first kappa shape index (κ1) is 22.3. The zero-order valence-corrected chi connectivity index (χ0v) is 17.9. The highest BCUT2D eigenvalue weighted by atomic mass is 35.5. The maximum absolute atomic E-state index is 12.3. The molecular weight excluding hydrogens is 426 g/mol. The summed E-state index contributed by atoms with van der Waals surface area (Å²) in [5.41, 5.74) is 0.473. The van der Waals surface area contributed by atoms with Crippen molar-refractivity contribution >= 4 is 50.0 Å². The zero-order valence-electron chi connectivity index (χ0n) is 15.5. The molecule has 28 heavy (non-hydrogen) atoms. The Morgan fingerprint density at radius 2 is 1.96 bits per heavy atom. The molecule has 1 atom stereocenters. The molecule has 0 aliphatic rings. The number of benzene rings is 1. The molecule has 0 saturated carbocycles. The maximum atomic E-state index is 12.3. The number of carbonyl (C=O) groups excluding carboxylic acids is 2. The van der Waals surface area contributed by atoms with Crippen LogP contribution in [0, 0.1) is 0 Å². The molecule has 152 valence electrons. The Kier molecular flexibility index (Phi) is 7.53. The zero-order chi connectivity index (χ0) is 20.9. The highest BCUT2D eigenvalue weighted by Crippen LogP contribution is 2.21. The average molecular weight is 446 g/mol. The van der Waals surface area contributed by atoms with Gasteiger partial charge in [-0.1, -0.05) is 11.6 Å². The van der Waals surface area contributed by atoms with Gasteiger partial charge in [0.25, 0.3) is 0 Å². The van der Waals surface area contributed by atoms with Crippen LogP contribution in [0.25, 0.3) is 0 Å². The minimum atomic E-state index is -3.89. The summed E-state index contributed by atoms with van der Waals surface area (Å²) < 4.78 is 32.0. The molecular formula is C17H20ClN3O5S2. The van der Waals surface area contributed by atoms with Crippen LogP contribution in [0.1, 0.15) is 26.5 Å². The third kappa shape index (κ3) is 5.74. The second kappa shape index (κ2) is 9.46. The molecule has 0 fully saturated rings. The van der Waals surface area contributed by atoms with Crippen LogP contribution in [0.4, 0.5) is 5.13 Å². The topological polar surface area (TPSA) is 106 Å². The minimum Gasteiger partial charge on any atom is -0.458 e. The fraction of sp³-hybridized carbons (Fsp3) is 0.353. The Hall–Kier alpha value is -2.01. The second-order valence-corrected chi connectivity index (χ2v) is 8.78. The lowest BCUT2D eigenvalue weighted by Gasteiger charge is -2.15. The van der Waals surface area contributed by atoms with Gasteiger partial charge in [-0.2, -0.15) is 4.72 Å². The number of hydrogen-bond acceptors (Lipinski definition) is 7. The van der Waals surface area contributed by atoms with Crippen LogP contribution in [0.15, 0.2) is 34.5 Å². The maximum Gasteiger partial charge on any atom is 0.324 e. The van der Waals surface area contributed by atoms with Gasteiger partial charge in [-0.15, -0.1) is 11.3 Å². The van der Waals surface area contributed by atoms with E-state index in [-0.39, 0.29) is 17.4 Å². The number of sulfonamides is 1. The van der Waals surface area contributed by atoms with E-state index in [2.05, 4.69) is 9.71 Å². The van der Waals surface area contributed by atoms with E-state index in [1.165, 1.54) is 54.3 Å². The minimum absolute atomic E-state index is 0.00965. The van der Waals surface area contributed by atoms with E-state index >= 15 is 0 Å². The number of esters is 1. The monoisotopic (exact) mass is 445 g/mol. The van der Waals surface area contributed by atoms with E-state index in [0.29, 0.717) is 22.4 Å². The van der Waals surface area contributed by atoms with Gasteiger partial charge in [0.1, 0.15) is 12.6 Å². The van der Waals surface area contributed by atoms with Gasteiger partial charge in [0.05, 0.1) is 10.6 Å². The van der Waals surface area contributed by atoms with Crippen molar-refractivity contribution in [1.82, 2.24) is 9.71 Å². The van der Waals surface area contributed by atoms with Crippen LogP contribution in [0.2, 0.25) is 5.02 Å². The molecule has 0 aliphatic heterocycles. The largest absolute Gasteiger partial charge is 0.458 e. The van der Waals surface area contributed by atoms with Crippen LogP contribution in [0.3, 0.4) is 0 Å². The number of hydrogen-bond donors (Lipinski definition) is 1. The van der Waals surface area contributed by atoms with Crippen LogP contribution in [0.5, 0.6) is 0 Å². The third-order valence-corrected chi connectivity index (χ3v) is 6.36. The molecule has 8 nitrogen and oxygen atoms in total. The van der Waals surface area contributed by atoms with Gasteiger partial charge in [0, 0.05) is 23.9 Å². The van der Waals surface area contributed by atoms with Crippen molar-refractivity contribution in [2.24, 2.45) is 0 Å². The predicted molar refractivity (Wildman–Crippen MR) is 107 cm³/mol. The number of amides is 1. The van der Waals surface area contributed by atoms with E-state index in [9.17, 15) is 18.0 Å². The average Bonchev–Trinajstić information content (AvgIpc) is 3.08. The van der Waals surface area contributed by atoms with Gasteiger partial charge < -0.3 is 4.74 Å². The Balaban J connectivity index is 1.95. The van der Waals surface area contributed by atoms with Crippen molar-refractivity contribution in [2.75, 3.05) is 11.4 Å². The number of nitrogens with one attached hydrogen (secondary N) is 1. The summed E-state index contributed by atoms with van der Waals surface area (Å²) in [6.45, 7) is 5.01. The van der Waals surface area contributed by atoms with Crippen molar-refractivity contribution < 1.29 is 22.7 Å². The van der Waals surface area contributed by atoms with E-state index in [4.69, 9.17) is 16.3 Å². The molecule has 1 N–H and O–H groups in total. The van der Waals surface area contributed by atoms with E-state index < -0.39 is 22.0 Å². The van der Waals surface area contributed by atoms with Crippen LogP contribution in [-0.4, -0.2) is 37.9 Å². The van der Waals surface area contributed by atoms with Gasteiger partial charge >= 0.3 is 5.97 Å². The van der Waals surface area contributed by atoms with Crippen LogP contribution < -0.4 is 9.62 Å². The number of anilines is 1. The highest BCUT2D eigenvalue weighted by Gasteiger charge is 2.23. The summed E-state index contributed by atoms with van der Waals surface area (Å²) in [6, 6.07) is 4.48. The number of carbonyl (C=O) groups is 2. The second-order valence-electron chi connectivity index (χ2n) is 5.79. The van der Waals surface area contributed by atoms with Crippen molar-refractivity contribution in [3.05, 3.63) is 40.4 Å². The first-order valence-electron chi connectivity index (χ1n) is 8.31. The first-order valence-corrected chi connectivity index (χ1v) is 11.0. The number of rotatable bonds is 8. The smallest absolute Gasteiger partial charge is 0.324 e. The van der Waals surface area contributed by atoms with E-state index in [1.54, 1.807) is 5.38 Å². The van der Waals surface area contributed by atoms with Crippen LogP contribution >= 0.6 is 22.9 Å². The van der Waals surface area contributed by atoms with Crippen LogP contribution in [-0.2, 0) is 31.0 Å². The van der Waals surface area contributed by atoms with E-state index in [0.717, 1.165) is 0 Å². The summed E-state index contributed by atoms with van der Waals surface area (Å²) in [4.78, 5) is 29.4. The Morgan fingerprint density at radius 1 is 1.32 bits per heavy atom. The lowest BCUT2D eigenvalue weighted by molar-refractivity contribution is -0.146. The van der Waals surface area contributed by atoms with Crippen molar-refractivity contribution in [1.29, 1.82) is 0 Å². The standard InChI is InChI=1S/C17H20ClN3O5S2/c1-4-21(12(3)22)17-19-14(10-27-17)9-26-16(23)11(2)20-28(24,25)15-7-5-13(18)6-8-15/h5-8,10-11,20H,4,9H2,1-3H3/t11-/m0/s1. The lowest BCUT2D eigenvalue weighted by atomic mass is 10.4. The Labute approximate surface area is 172 Å². The predicted octanol–water partition coefficient (Wildman–Crippen LogP) is 2.58. The van der Waals surface area contributed by atoms with Crippen molar-refractivity contribution in [3.63, 3.8) is 0 Å². The summed E-state index contributed by atoms with van der Waals surface area (Å²) in [6.07, 6.45) is 0. The molecule has 1 heterocycles. The number of halogens is 1. The molecule has 2 rings (SSSR count). The number of nitrogens with zero attached hydrogens (tertiary/aromatic N) is 2. The van der Waals surface area contributed by atoms with Crippen molar-refractivity contribution in [3.8, 4) is 0 Å². The summed E-state index contributed by atoms with van der Waals surface area (Å²) in [5, 5.41) is 2.59. The molecule has 0 radical (unpaired) electrons. The number of aromatic nitrogens is 1. The molecule has 1 amide bonds. The number of ether oxygens (including phenoxy) is 1. The molecule has 11 heteroatoms. The molecule has 0 unspecified atom stereocenters. The summed E-state index contributed by atoms with van der Waals surface area (Å²) in [7, 11) is -3.89. The van der Waals surface area contributed by atoms with E-state index in [1.807, 2.05) is 6.92 Å². The summed E-state index contributed by atoms with van der Waals surface area (Å²) >= 11 is 7.01. The molecule has 0 bridgehead atoms. The van der Waals surface area contributed by atoms with Gasteiger partial charge in [-0.25, -0.2) is 13.4 Å². The fourth-order valence-corrected chi connectivity index (χ4v) is 4.45. The number of thiazole rings is 1. The molecule has 2 aromatic rings. The van der Waals surface area contributed by atoms with Gasteiger partial charge in [-0.05, 0) is 38.1 Å². The summed E-state index contributed by atoms with van der Waals surface area (Å²) in [5.74, 6) is -0.878. The first-order chi connectivity index (χ1) is 13.1. The third-order valence-electron chi connectivity index (χ3n) is 3.64. The van der Waals surface area contributed by atoms with Crippen molar-refractivity contribution in [2.45, 2.75) is 38.3 Å². The molecule has 1 aromatic heterocycles. The molecule has 1 aromatic carbocycles. The molecule has 0 saturated heterocycles. The van der Waals surface area contributed by atoms with Gasteiger partial charge in [-0.3, -0.25) is 14.5 Å². The fourth-order valence-electron chi connectivity index (χ4n) is 2.21. The Morgan fingerprint density at radius 3 is 2.54 bits per heavy atom. The Bertz CT molecular complexity index is 944. The molecule has 0 aliphatic carbocycles. The normalized spacial score (nSPS) is 12.4. The SMILES string of the molecule is CCN(C(C)=O)c1nc(COC(=O)[C@H](C)NS(=O)(=O)c2ccc(Cl)cc2)cs1. The quantitative estimate of drug-likeness (QED) is 0.626. The van der Waals surface area contributed by atoms with Gasteiger partial charge in [0.15, 0.2) is 5.13 Å².